The van der Waals surface area contributed by atoms with Gasteiger partial charge in [0.1, 0.15) is 6.04 Å². The fourth-order valence-corrected chi connectivity index (χ4v) is 1.84. The van der Waals surface area contributed by atoms with Crippen LogP contribution in [-0.4, -0.2) is 32.0 Å². The molecule has 6 nitrogen and oxygen atoms in total. The van der Waals surface area contributed by atoms with Gasteiger partial charge in [-0.3, -0.25) is 0 Å². The smallest absolute Gasteiger partial charge is 0.151 e. The summed E-state index contributed by atoms with van der Waals surface area (Å²) >= 11 is 0. The first-order chi connectivity index (χ1) is 8.76. The van der Waals surface area contributed by atoms with E-state index in [1.807, 2.05) is 31.0 Å². The molecule has 6 heteroatoms. The van der Waals surface area contributed by atoms with E-state index in [4.69, 9.17) is 0 Å². The predicted octanol–water partition coefficient (Wildman–Crippen LogP) is 1.10. The van der Waals surface area contributed by atoms with Gasteiger partial charge < -0.3 is 5.32 Å². The van der Waals surface area contributed by atoms with Gasteiger partial charge in [-0.2, -0.15) is 0 Å². The summed E-state index contributed by atoms with van der Waals surface area (Å²) in [6.45, 7) is 4.93. The number of hydrogen-bond donors (Lipinski definition) is 1. The second-order valence-electron chi connectivity index (χ2n) is 4.22. The van der Waals surface area contributed by atoms with E-state index < -0.39 is 0 Å². The number of rotatable bonds is 5. The lowest BCUT2D eigenvalue weighted by Crippen LogP contribution is -2.23. The Morgan fingerprint density at radius 1 is 1.28 bits per heavy atom. The normalized spacial score (nSPS) is 12.6. The molecule has 0 aliphatic heterocycles. The van der Waals surface area contributed by atoms with Crippen LogP contribution in [0.1, 0.15) is 36.5 Å². The van der Waals surface area contributed by atoms with Crippen molar-refractivity contribution in [3.8, 4) is 0 Å². The number of aryl methyl sites for hydroxylation is 2. The molecule has 2 aromatic heterocycles. The van der Waals surface area contributed by atoms with Gasteiger partial charge in [0, 0.05) is 18.9 Å². The molecular formula is C12H18N6. The Bertz CT molecular complexity index is 490. The predicted molar refractivity (Wildman–Crippen MR) is 68.0 cm³/mol. The Balaban J connectivity index is 2.32. The van der Waals surface area contributed by atoms with Gasteiger partial charge >= 0.3 is 0 Å². The number of hydrogen-bond acceptors (Lipinski definition) is 5. The van der Waals surface area contributed by atoms with Crippen LogP contribution in [0, 0.1) is 6.92 Å². The summed E-state index contributed by atoms with van der Waals surface area (Å²) in [5, 5.41) is 11.3. The Labute approximate surface area is 106 Å². The van der Waals surface area contributed by atoms with Crippen molar-refractivity contribution >= 4 is 0 Å². The molecule has 0 aliphatic carbocycles. The van der Waals surface area contributed by atoms with E-state index >= 15 is 0 Å². The summed E-state index contributed by atoms with van der Waals surface area (Å²) in [6, 6.07) is -0.0767. The van der Waals surface area contributed by atoms with Gasteiger partial charge in [0.25, 0.3) is 0 Å². The molecule has 1 N–H and O–H groups in total. The largest absolute Gasteiger partial charge is 0.305 e. The monoisotopic (exact) mass is 246 g/mol. The zero-order chi connectivity index (χ0) is 13.0. The van der Waals surface area contributed by atoms with Crippen LogP contribution in [0.2, 0.25) is 0 Å². The van der Waals surface area contributed by atoms with Crippen molar-refractivity contribution in [3.63, 3.8) is 0 Å². The summed E-state index contributed by atoms with van der Waals surface area (Å²) in [4.78, 5) is 8.73. The van der Waals surface area contributed by atoms with Crippen LogP contribution in [0.4, 0.5) is 0 Å². The molecule has 0 saturated carbocycles. The first kappa shape index (κ1) is 12.6. The van der Waals surface area contributed by atoms with Crippen molar-refractivity contribution < 1.29 is 0 Å². The van der Waals surface area contributed by atoms with Crippen molar-refractivity contribution in [2.45, 2.75) is 32.9 Å². The SMILES string of the molecule is CCCn1nncc1C(NC)c1ncc(C)cn1. The average Bonchev–Trinajstić information content (AvgIpc) is 2.82. The lowest BCUT2D eigenvalue weighted by atomic mass is 10.2. The Morgan fingerprint density at radius 2 is 2.00 bits per heavy atom. The van der Waals surface area contributed by atoms with Crippen molar-refractivity contribution in [1.82, 2.24) is 30.3 Å². The third-order valence-electron chi connectivity index (χ3n) is 2.73. The minimum absolute atomic E-state index is 0.0767. The first-order valence-electron chi connectivity index (χ1n) is 6.10. The molecule has 0 spiro atoms. The number of nitrogens with one attached hydrogen (secondary N) is 1. The van der Waals surface area contributed by atoms with Crippen LogP contribution in [-0.2, 0) is 6.54 Å². The molecule has 2 rings (SSSR count). The lowest BCUT2D eigenvalue weighted by Gasteiger charge is -2.15. The van der Waals surface area contributed by atoms with Crippen molar-refractivity contribution in [2.75, 3.05) is 7.05 Å². The van der Waals surface area contributed by atoms with Crippen LogP contribution in [0.25, 0.3) is 0 Å². The Morgan fingerprint density at radius 3 is 2.61 bits per heavy atom. The molecule has 18 heavy (non-hydrogen) atoms. The van der Waals surface area contributed by atoms with E-state index in [1.165, 1.54) is 0 Å². The van der Waals surface area contributed by atoms with Gasteiger partial charge in [0.15, 0.2) is 5.82 Å². The van der Waals surface area contributed by atoms with E-state index in [9.17, 15) is 0 Å². The fourth-order valence-electron chi connectivity index (χ4n) is 1.84. The van der Waals surface area contributed by atoms with Crippen LogP contribution < -0.4 is 5.32 Å². The van der Waals surface area contributed by atoms with Crippen molar-refractivity contribution in [3.05, 3.63) is 35.7 Å². The van der Waals surface area contributed by atoms with Crippen LogP contribution >= 0.6 is 0 Å². The molecule has 0 fully saturated rings. The summed E-state index contributed by atoms with van der Waals surface area (Å²) in [7, 11) is 1.89. The summed E-state index contributed by atoms with van der Waals surface area (Å²) < 4.78 is 1.89. The molecule has 0 bridgehead atoms. The highest BCUT2D eigenvalue weighted by molar-refractivity contribution is 5.15. The van der Waals surface area contributed by atoms with Gasteiger partial charge in [0.05, 0.1) is 11.9 Å². The maximum Gasteiger partial charge on any atom is 0.151 e. The summed E-state index contributed by atoms with van der Waals surface area (Å²) in [5.41, 5.74) is 2.04. The zero-order valence-electron chi connectivity index (χ0n) is 11.0. The lowest BCUT2D eigenvalue weighted by molar-refractivity contribution is 0.513. The molecule has 0 aromatic carbocycles. The summed E-state index contributed by atoms with van der Waals surface area (Å²) in [6.07, 6.45) is 6.42. The van der Waals surface area contributed by atoms with Gasteiger partial charge in [-0.1, -0.05) is 12.1 Å². The standard InChI is InChI=1S/C12H18N6/c1-4-5-18-10(8-16-17-18)11(13-3)12-14-6-9(2)7-15-12/h6-8,11,13H,4-5H2,1-3H3. The maximum atomic E-state index is 4.36. The highest BCUT2D eigenvalue weighted by Crippen LogP contribution is 2.17. The fraction of sp³-hybridized carbons (Fsp3) is 0.500. The number of aromatic nitrogens is 5. The minimum Gasteiger partial charge on any atom is -0.305 e. The van der Waals surface area contributed by atoms with Gasteiger partial charge in [-0.25, -0.2) is 14.6 Å². The Hall–Kier alpha value is -1.82. The second-order valence-corrected chi connectivity index (χ2v) is 4.22. The Kier molecular flexibility index (Phi) is 3.99. The molecule has 2 heterocycles. The third kappa shape index (κ3) is 2.53. The van der Waals surface area contributed by atoms with E-state index in [1.54, 1.807) is 6.20 Å². The van der Waals surface area contributed by atoms with Gasteiger partial charge in [-0.15, -0.1) is 5.10 Å². The molecule has 0 aliphatic rings. The molecular weight excluding hydrogens is 228 g/mol. The van der Waals surface area contributed by atoms with Crippen molar-refractivity contribution in [2.24, 2.45) is 0 Å². The van der Waals surface area contributed by atoms with Crippen LogP contribution in [0.3, 0.4) is 0 Å². The molecule has 0 amide bonds. The van der Waals surface area contributed by atoms with Crippen LogP contribution in [0.15, 0.2) is 18.6 Å². The zero-order valence-corrected chi connectivity index (χ0v) is 11.0. The molecule has 0 saturated heterocycles. The average molecular weight is 246 g/mol. The van der Waals surface area contributed by atoms with E-state index in [0.29, 0.717) is 0 Å². The molecule has 96 valence electrons. The maximum absolute atomic E-state index is 4.36. The topological polar surface area (TPSA) is 68.5 Å². The second kappa shape index (κ2) is 5.68. The highest BCUT2D eigenvalue weighted by atomic mass is 15.4. The third-order valence-corrected chi connectivity index (χ3v) is 2.73. The van der Waals surface area contributed by atoms with Gasteiger partial charge in [0.2, 0.25) is 0 Å². The number of nitrogens with zero attached hydrogens (tertiary/aromatic N) is 5. The molecule has 2 aromatic rings. The minimum atomic E-state index is -0.0767. The van der Waals surface area contributed by atoms with Crippen molar-refractivity contribution in [1.29, 1.82) is 0 Å². The highest BCUT2D eigenvalue weighted by Gasteiger charge is 2.19. The van der Waals surface area contributed by atoms with E-state index in [2.05, 4.69) is 32.5 Å². The van der Waals surface area contributed by atoms with Crippen LogP contribution in [0.5, 0.6) is 0 Å². The summed E-state index contributed by atoms with van der Waals surface area (Å²) in [5.74, 6) is 0.739. The van der Waals surface area contributed by atoms with Gasteiger partial charge in [-0.05, 0) is 26.0 Å². The molecule has 0 radical (unpaired) electrons. The first-order valence-corrected chi connectivity index (χ1v) is 6.10. The molecule has 1 unspecified atom stereocenters. The quantitative estimate of drug-likeness (QED) is 0.855. The molecule has 1 atom stereocenters. The van der Waals surface area contributed by atoms with E-state index in [0.717, 1.165) is 30.0 Å². The van der Waals surface area contributed by atoms with E-state index in [-0.39, 0.29) is 6.04 Å².